The lowest BCUT2D eigenvalue weighted by Crippen LogP contribution is -2.48. The summed E-state index contributed by atoms with van der Waals surface area (Å²) in [6.45, 7) is 1.73. The quantitative estimate of drug-likeness (QED) is 0.394. The summed E-state index contributed by atoms with van der Waals surface area (Å²) >= 11 is 11.0. The molecule has 12 heteroatoms. The van der Waals surface area contributed by atoms with Gasteiger partial charge in [-0.15, -0.1) is 11.3 Å². The van der Waals surface area contributed by atoms with Crippen molar-refractivity contribution < 1.29 is 22.6 Å². The highest BCUT2D eigenvalue weighted by atomic mass is 79.9. The Balaban J connectivity index is 1.50. The first-order chi connectivity index (χ1) is 16.3. The Kier molecular flexibility index (Phi) is 7.58. The van der Waals surface area contributed by atoms with Gasteiger partial charge in [-0.2, -0.15) is 4.31 Å². The van der Waals surface area contributed by atoms with E-state index in [0.717, 1.165) is 20.9 Å². The molecule has 8 nitrogen and oxygen atoms in total. The van der Waals surface area contributed by atoms with Crippen molar-refractivity contribution in [1.29, 1.82) is 0 Å². The maximum atomic E-state index is 13.1. The van der Waals surface area contributed by atoms with Gasteiger partial charge >= 0.3 is 0 Å². The molecule has 34 heavy (non-hydrogen) atoms. The predicted molar refractivity (Wildman–Crippen MR) is 137 cm³/mol. The zero-order valence-electron chi connectivity index (χ0n) is 18.7. The summed E-state index contributed by atoms with van der Waals surface area (Å²) in [7, 11) is 1.03. The average molecular weight is 589 g/mol. The van der Waals surface area contributed by atoms with Gasteiger partial charge in [0.05, 0.1) is 32.0 Å². The maximum Gasteiger partial charge on any atom is 0.244 e. The molecule has 1 aliphatic rings. The number of piperazine rings is 1. The normalized spacial score (nSPS) is 14.8. The standard InChI is InChI=1S/C22H23BrClN3O5S2/c1-30-18-10-14(11-19(31-2)21(18)32-3)17-13-33-22(25-17)26-6-8-27(9-7-26)34(28,29)20-5-4-15(23)12-16(20)24/h4-5,10-13H,6-9H2,1-3H3. The molecule has 1 fully saturated rings. The molecule has 182 valence electrons. The van der Waals surface area contributed by atoms with Crippen molar-refractivity contribution >= 4 is 54.0 Å². The minimum Gasteiger partial charge on any atom is -0.493 e. The minimum absolute atomic E-state index is 0.116. The van der Waals surface area contributed by atoms with E-state index in [1.165, 1.54) is 21.7 Å². The molecule has 3 aromatic rings. The highest BCUT2D eigenvalue weighted by Crippen LogP contribution is 2.42. The zero-order chi connectivity index (χ0) is 24.5. The van der Waals surface area contributed by atoms with Gasteiger partial charge in [-0.3, -0.25) is 0 Å². The second kappa shape index (κ2) is 10.3. The molecule has 0 unspecified atom stereocenters. The minimum atomic E-state index is -3.68. The van der Waals surface area contributed by atoms with Crippen molar-refractivity contribution in [1.82, 2.24) is 9.29 Å². The number of rotatable bonds is 7. The number of ether oxygens (including phenoxy) is 3. The van der Waals surface area contributed by atoms with E-state index in [0.29, 0.717) is 43.4 Å². The largest absolute Gasteiger partial charge is 0.493 e. The van der Waals surface area contributed by atoms with Crippen molar-refractivity contribution in [3.8, 4) is 28.5 Å². The van der Waals surface area contributed by atoms with Crippen molar-refractivity contribution in [2.24, 2.45) is 0 Å². The molecule has 1 aromatic heterocycles. The molecule has 0 saturated carbocycles. The van der Waals surface area contributed by atoms with Crippen LogP contribution in [0.3, 0.4) is 0 Å². The van der Waals surface area contributed by atoms with Gasteiger partial charge < -0.3 is 19.1 Å². The number of nitrogens with zero attached hydrogens (tertiary/aromatic N) is 3. The van der Waals surface area contributed by atoms with Crippen LogP contribution < -0.4 is 19.1 Å². The number of benzene rings is 2. The highest BCUT2D eigenvalue weighted by molar-refractivity contribution is 9.10. The lowest BCUT2D eigenvalue weighted by Gasteiger charge is -2.33. The second-order valence-corrected chi connectivity index (χ2v) is 11.5. The van der Waals surface area contributed by atoms with Crippen molar-refractivity contribution in [2.75, 3.05) is 52.4 Å². The maximum absolute atomic E-state index is 13.1. The fraction of sp³-hybridized carbons (Fsp3) is 0.318. The summed E-state index contributed by atoms with van der Waals surface area (Å²) in [5.74, 6) is 1.63. The molecule has 1 saturated heterocycles. The third kappa shape index (κ3) is 4.85. The highest BCUT2D eigenvalue weighted by Gasteiger charge is 2.31. The molecular weight excluding hydrogens is 566 g/mol. The summed E-state index contributed by atoms with van der Waals surface area (Å²) in [6.07, 6.45) is 0. The molecule has 0 spiro atoms. The van der Waals surface area contributed by atoms with E-state index >= 15 is 0 Å². The molecule has 1 aliphatic heterocycles. The fourth-order valence-electron chi connectivity index (χ4n) is 3.71. The molecule has 0 radical (unpaired) electrons. The van der Waals surface area contributed by atoms with E-state index in [2.05, 4.69) is 20.8 Å². The molecule has 2 heterocycles. The first-order valence-electron chi connectivity index (χ1n) is 10.2. The first kappa shape index (κ1) is 25.1. The summed E-state index contributed by atoms with van der Waals surface area (Å²) in [5, 5.41) is 2.98. The smallest absolute Gasteiger partial charge is 0.244 e. The van der Waals surface area contributed by atoms with Gasteiger partial charge in [0, 0.05) is 41.6 Å². The Morgan fingerprint density at radius 1 is 1.00 bits per heavy atom. The van der Waals surface area contributed by atoms with Crippen molar-refractivity contribution in [3.63, 3.8) is 0 Å². The number of hydrogen-bond donors (Lipinski definition) is 0. The van der Waals surface area contributed by atoms with Crippen LogP contribution in [-0.2, 0) is 10.0 Å². The third-order valence-corrected chi connectivity index (χ3v) is 9.25. The molecule has 0 bridgehead atoms. The van der Waals surface area contributed by atoms with Gasteiger partial charge in [0.15, 0.2) is 16.6 Å². The van der Waals surface area contributed by atoms with Crippen LogP contribution in [-0.4, -0.2) is 65.2 Å². The molecule has 0 amide bonds. The van der Waals surface area contributed by atoms with Gasteiger partial charge in [-0.05, 0) is 30.3 Å². The second-order valence-electron chi connectivity index (χ2n) is 7.40. The Morgan fingerprint density at radius 2 is 1.65 bits per heavy atom. The van der Waals surface area contributed by atoms with Crippen molar-refractivity contribution in [2.45, 2.75) is 4.90 Å². The number of methoxy groups -OCH3 is 3. The molecule has 0 atom stereocenters. The number of hydrogen-bond acceptors (Lipinski definition) is 8. The van der Waals surface area contributed by atoms with E-state index in [4.69, 9.17) is 30.8 Å². The van der Waals surface area contributed by atoms with Gasteiger partial charge in [0.25, 0.3) is 0 Å². The first-order valence-corrected chi connectivity index (χ1v) is 13.7. The Bertz CT molecular complexity index is 1270. The zero-order valence-corrected chi connectivity index (χ0v) is 22.7. The number of sulfonamides is 1. The average Bonchev–Trinajstić information content (AvgIpc) is 3.33. The fourth-order valence-corrected chi connectivity index (χ4v) is 7.04. The third-order valence-electron chi connectivity index (χ3n) is 5.47. The Morgan fingerprint density at radius 3 is 2.21 bits per heavy atom. The van der Waals surface area contributed by atoms with E-state index < -0.39 is 10.0 Å². The molecular formula is C22H23BrClN3O5S2. The number of thiazole rings is 1. The van der Waals surface area contributed by atoms with Gasteiger partial charge in [0.1, 0.15) is 4.90 Å². The topological polar surface area (TPSA) is 81.2 Å². The van der Waals surface area contributed by atoms with Gasteiger partial charge in [-0.1, -0.05) is 27.5 Å². The number of anilines is 1. The monoisotopic (exact) mass is 587 g/mol. The van der Waals surface area contributed by atoms with Gasteiger partial charge in [0.2, 0.25) is 15.8 Å². The van der Waals surface area contributed by atoms with Crippen LogP contribution in [0, 0.1) is 0 Å². The summed E-state index contributed by atoms with van der Waals surface area (Å²) in [6, 6.07) is 8.50. The van der Waals surface area contributed by atoms with E-state index in [9.17, 15) is 8.42 Å². The lowest BCUT2D eigenvalue weighted by atomic mass is 10.1. The van der Waals surface area contributed by atoms with Crippen molar-refractivity contribution in [3.05, 3.63) is 45.2 Å². The lowest BCUT2D eigenvalue weighted by molar-refractivity contribution is 0.324. The summed E-state index contributed by atoms with van der Waals surface area (Å²) < 4.78 is 44.6. The van der Waals surface area contributed by atoms with E-state index in [1.54, 1.807) is 33.5 Å². The van der Waals surface area contributed by atoms with Crippen LogP contribution in [0.1, 0.15) is 0 Å². The van der Waals surface area contributed by atoms with Gasteiger partial charge in [-0.25, -0.2) is 13.4 Å². The van der Waals surface area contributed by atoms with Crippen LogP contribution in [0.2, 0.25) is 5.02 Å². The number of aromatic nitrogens is 1. The summed E-state index contributed by atoms with van der Waals surface area (Å²) in [5.41, 5.74) is 1.61. The Labute approximate surface area is 216 Å². The van der Waals surface area contributed by atoms with E-state index in [-0.39, 0.29) is 9.92 Å². The van der Waals surface area contributed by atoms with Crippen LogP contribution >= 0.6 is 38.9 Å². The van der Waals surface area contributed by atoms with Crippen LogP contribution in [0.4, 0.5) is 5.13 Å². The van der Waals surface area contributed by atoms with Crippen LogP contribution in [0.25, 0.3) is 11.3 Å². The predicted octanol–water partition coefficient (Wildman–Crippen LogP) is 4.76. The SMILES string of the molecule is COc1cc(-c2csc(N3CCN(S(=O)(=O)c4ccc(Br)cc4Cl)CC3)n2)cc(OC)c1OC. The molecule has 0 aliphatic carbocycles. The molecule has 4 rings (SSSR count). The summed E-state index contributed by atoms with van der Waals surface area (Å²) in [4.78, 5) is 6.98. The Hall–Kier alpha value is -2.05. The molecule has 2 aromatic carbocycles. The van der Waals surface area contributed by atoms with Crippen LogP contribution in [0.5, 0.6) is 17.2 Å². The van der Waals surface area contributed by atoms with Crippen LogP contribution in [0.15, 0.2) is 45.1 Å². The number of halogens is 2. The molecule has 0 N–H and O–H groups in total. The van der Waals surface area contributed by atoms with E-state index in [1.807, 2.05) is 17.5 Å².